The van der Waals surface area contributed by atoms with E-state index in [1.165, 1.54) is 77.0 Å². The summed E-state index contributed by atoms with van der Waals surface area (Å²) in [4.78, 5) is 34.9. The van der Waals surface area contributed by atoms with E-state index in [4.69, 9.17) is 24.3 Å². The normalized spacial score (nSPS) is 13.9. The third kappa shape index (κ3) is 41.2. The summed E-state index contributed by atoms with van der Waals surface area (Å²) in [6.07, 6.45) is 48.2. The summed E-state index contributed by atoms with van der Waals surface area (Å²) in [6, 6.07) is 0. The van der Waals surface area contributed by atoms with Crippen LogP contribution in [0.3, 0.4) is 0 Å². The van der Waals surface area contributed by atoms with E-state index in [2.05, 4.69) is 74.6 Å². The molecule has 9 nitrogen and oxygen atoms in total. The van der Waals surface area contributed by atoms with Gasteiger partial charge in [0.2, 0.25) is 0 Å². The predicted molar refractivity (Wildman–Crippen MR) is 229 cm³/mol. The molecule has 3 N–H and O–H groups in total. The van der Waals surface area contributed by atoms with Gasteiger partial charge in [-0.05, 0) is 83.5 Å². The third-order valence-electron chi connectivity index (χ3n) is 8.88. The van der Waals surface area contributed by atoms with Crippen molar-refractivity contribution in [1.82, 2.24) is 0 Å². The Bertz CT molecular complexity index is 1090. The predicted octanol–water partition coefficient (Wildman–Crippen LogP) is 12.5. The Morgan fingerprint density at radius 2 is 0.945 bits per heavy atom. The lowest BCUT2D eigenvalue weighted by Gasteiger charge is -2.19. The van der Waals surface area contributed by atoms with E-state index < -0.39 is 32.5 Å². The molecule has 0 aliphatic rings. The Morgan fingerprint density at radius 1 is 0.545 bits per heavy atom. The standard InChI is InChI=1S/C45H80NO8P/c1-3-5-7-9-11-13-15-17-19-20-21-22-24-26-28-30-32-34-36-38-45(48)54-43(42-53-55(49,50)52-40-39-46)41-51-44(47)37-35-33-31-29-27-25-23-18-16-14-12-10-8-6-4-2/h11,13-14,16-17,19,21-22,26,28,43H,3-10,12,15,18,20,23-25,27,29-42,46H2,1-2H3,(H,49,50). The quantitative estimate of drug-likeness (QED) is 0.0269. The second-order valence-electron chi connectivity index (χ2n) is 14.2. The molecule has 0 heterocycles. The summed E-state index contributed by atoms with van der Waals surface area (Å²) in [7, 11) is -4.39. The van der Waals surface area contributed by atoms with Gasteiger partial charge in [-0.15, -0.1) is 0 Å². The van der Waals surface area contributed by atoms with Gasteiger partial charge < -0.3 is 20.1 Å². The molecule has 10 heteroatoms. The van der Waals surface area contributed by atoms with Crippen molar-refractivity contribution in [2.24, 2.45) is 5.73 Å². The summed E-state index contributed by atoms with van der Waals surface area (Å²) in [5.41, 5.74) is 5.34. The van der Waals surface area contributed by atoms with Gasteiger partial charge in [-0.2, -0.15) is 0 Å². The molecule has 55 heavy (non-hydrogen) atoms. The Hall–Kier alpha value is -2.29. The first-order valence-corrected chi connectivity index (χ1v) is 23.3. The molecule has 0 rings (SSSR count). The molecule has 2 unspecified atom stereocenters. The Morgan fingerprint density at radius 3 is 1.47 bits per heavy atom. The maximum atomic E-state index is 12.6. The largest absolute Gasteiger partial charge is 0.472 e. The molecule has 0 aliphatic heterocycles. The van der Waals surface area contributed by atoms with E-state index in [0.29, 0.717) is 6.42 Å². The molecular weight excluding hydrogens is 713 g/mol. The zero-order valence-corrected chi connectivity index (χ0v) is 35.8. The maximum absolute atomic E-state index is 12.6. The molecule has 318 valence electrons. The van der Waals surface area contributed by atoms with Crippen molar-refractivity contribution in [1.29, 1.82) is 0 Å². The van der Waals surface area contributed by atoms with Crippen LogP contribution in [0.1, 0.15) is 181 Å². The van der Waals surface area contributed by atoms with Gasteiger partial charge in [0.25, 0.3) is 0 Å². The molecule has 0 amide bonds. The molecule has 0 fully saturated rings. The number of phosphoric acid groups is 1. The summed E-state index contributed by atoms with van der Waals surface area (Å²) in [6.45, 7) is 3.64. The van der Waals surface area contributed by atoms with Crippen LogP contribution in [0.15, 0.2) is 60.8 Å². The van der Waals surface area contributed by atoms with E-state index >= 15 is 0 Å². The van der Waals surface area contributed by atoms with Gasteiger partial charge in [0.1, 0.15) is 6.61 Å². The van der Waals surface area contributed by atoms with E-state index in [0.717, 1.165) is 70.6 Å². The molecule has 0 saturated heterocycles. The van der Waals surface area contributed by atoms with Gasteiger partial charge in [0.15, 0.2) is 6.10 Å². The summed E-state index contributed by atoms with van der Waals surface area (Å²) in [5, 5.41) is 0. The zero-order chi connectivity index (χ0) is 40.3. The second-order valence-corrected chi connectivity index (χ2v) is 15.7. The minimum Gasteiger partial charge on any atom is -0.462 e. The fraction of sp³-hybridized carbons (Fsp3) is 0.733. The lowest BCUT2D eigenvalue weighted by Crippen LogP contribution is -2.29. The van der Waals surface area contributed by atoms with Crippen LogP contribution in [0.4, 0.5) is 0 Å². The zero-order valence-electron chi connectivity index (χ0n) is 34.9. The van der Waals surface area contributed by atoms with Crippen LogP contribution in [-0.2, 0) is 32.7 Å². The average Bonchev–Trinajstić information content (AvgIpc) is 3.17. The van der Waals surface area contributed by atoms with E-state index in [1.807, 2.05) is 0 Å². The summed E-state index contributed by atoms with van der Waals surface area (Å²) < 4.78 is 32.7. The van der Waals surface area contributed by atoms with Crippen LogP contribution >= 0.6 is 7.82 Å². The van der Waals surface area contributed by atoms with Crippen molar-refractivity contribution in [3.8, 4) is 0 Å². The minimum atomic E-state index is -4.39. The molecule has 0 saturated carbocycles. The number of nitrogens with two attached hydrogens (primary N) is 1. The molecule has 2 atom stereocenters. The minimum absolute atomic E-state index is 0.0449. The highest BCUT2D eigenvalue weighted by Crippen LogP contribution is 2.43. The first kappa shape index (κ1) is 52.7. The SMILES string of the molecule is CCCCCC=CCC=CCC=CCC=CCCCCCC(=O)OC(COC(=O)CCCCCCCCCC=CCCCCCC)COP(=O)(O)OCCN. The van der Waals surface area contributed by atoms with Gasteiger partial charge >= 0.3 is 19.8 Å². The Kier molecular flexibility index (Phi) is 39.6. The first-order chi connectivity index (χ1) is 26.8. The molecule has 0 bridgehead atoms. The van der Waals surface area contributed by atoms with Crippen molar-refractivity contribution in [2.45, 2.75) is 187 Å². The average molecular weight is 794 g/mol. The van der Waals surface area contributed by atoms with Crippen molar-refractivity contribution in [2.75, 3.05) is 26.4 Å². The number of rotatable bonds is 40. The number of hydrogen-bond donors (Lipinski definition) is 2. The summed E-state index contributed by atoms with van der Waals surface area (Å²) >= 11 is 0. The van der Waals surface area contributed by atoms with Gasteiger partial charge in [-0.3, -0.25) is 18.6 Å². The number of carbonyl (C=O) groups is 2. The monoisotopic (exact) mass is 794 g/mol. The van der Waals surface area contributed by atoms with Crippen molar-refractivity contribution in [3.63, 3.8) is 0 Å². The van der Waals surface area contributed by atoms with Crippen molar-refractivity contribution in [3.05, 3.63) is 60.8 Å². The van der Waals surface area contributed by atoms with Crippen LogP contribution in [-0.4, -0.2) is 49.3 Å². The van der Waals surface area contributed by atoms with Crippen LogP contribution in [0.5, 0.6) is 0 Å². The molecule has 0 aliphatic carbocycles. The fourth-order valence-electron chi connectivity index (χ4n) is 5.61. The number of unbranched alkanes of at least 4 members (excludes halogenated alkanes) is 17. The van der Waals surface area contributed by atoms with Crippen molar-refractivity contribution >= 4 is 19.8 Å². The lowest BCUT2D eigenvalue weighted by atomic mass is 10.1. The van der Waals surface area contributed by atoms with E-state index in [1.54, 1.807) is 0 Å². The third-order valence-corrected chi connectivity index (χ3v) is 9.86. The smallest absolute Gasteiger partial charge is 0.462 e. The molecule has 0 aromatic heterocycles. The van der Waals surface area contributed by atoms with Crippen LogP contribution < -0.4 is 5.73 Å². The number of ether oxygens (including phenoxy) is 2. The number of allylic oxidation sites excluding steroid dienone is 10. The van der Waals surface area contributed by atoms with Gasteiger partial charge in [0, 0.05) is 19.4 Å². The second kappa shape index (κ2) is 41.3. The first-order valence-electron chi connectivity index (χ1n) is 21.8. The molecular formula is C45H80NO8P. The van der Waals surface area contributed by atoms with E-state index in [9.17, 15) is 19.0 Å². The number of esters is 2. The molecule has 0 aromatic carbocycles. The Labute approximate surface area is 336 Å². The Balaban J connectivity index is 4.24. The number of hydrogen-bond acceptors (Lipinski definition) is 8. The number of carbonyl (C=O) groups excluding carboxylic acids is 2. The lowest BCUT2D eigenvalue weighted by molar-refractivity contribution is -0.161. The van der Waals surface area contributed by atoms with Gasteiger partial charge in [0.05, 0.1) is 13.2 Å². The fourth-order valence-corrected chi connectivity index (χ4v) is 6.38. The van der Waals surface area contributed by atoms with Crippen molar-refractivity contribution < 1.29 is 37.6 Å². The highest BCUT2D eigenvalue weighted by molar-refractivity contribution is 7.47. The van der Waals surface area contributed by atoms with Crippen LogP contribution in [0.2, 0.25) is 0 Å². The van der Waals surface area contributed by atoms with Crippen LogP contribution in [0.25, 0.3) is 0 Å². The van der Waals surface area contributed by atoms with Gasteiger partial charge in [-0.1, -0.05) is 145 Å². The summed E-state index contributed by atoms with van der Waals surface area (Å²) in [5.74, 6) is -0.873. The van der Waals surface area contributed by atoms with E-state index in [-0.39, 0.29) is 32.6 Å². The van der Waals surface area contributed by atoms with Crippen LogP contribution in [0, 0.1) is 0 Å². The molecule has 0 spiro atoms. The highest BCUT2D eigenvalue weighted by atomic mass is 31.2. The molecule has 0 radical (unpaired) electrons. The topological polar surface area (TPSA) is 134 Å². The maximum Gasteiger partial charge on any atom is 0.472 e. The van der Waals surface area contributed by atoms with Gasteiger partial charge in [-0.25, -0.2) is 4.57 Å². The number of phosphoric ester groups is 1. The highest BCUT2D eigenvalue weighted by Gasteiger charge is 2.26. The molecule has 0 aromatic rings.